The van der Waals surface area contributed by atoms with Gasteiger partial charge in [-0.05, 0) is 36.8 Å². The minimum Gasteiger partial charge on any atom is -0.387 e. The summed E-state index contributed by atoms with van der Waals surface area (Å²) >= 11 is 1.14. The maximum atomic E-state index is 13.8. The summed E-state index contributed by atoms with van der Waals surface area (Å²) < 4.78 is 40.4. The van der Waals surface area contributed by atoms with E-state index in [1.54, 1.807) is 6.07 Å². The second kappa shape index (κ2) is 6.33. The van der Waals surface area contributed by atoms with Crippen molar-refractivity contribution in [3.8, 4) is 0 Å². The second-order valence-corrected chi connectivity index (χ2v) is 5.47. The molecule has 2 aromatic rings. The number of halogens is 3. The third kappa shape index (κ3) is 3.35. The maximum Gasteiger partial charge on any atom is 0.134 e. The molecule has 1 atom stereocenters. The monoisotopic (exact) mass is 298 g/mol. The van der Waals surface area contributed by atoms with Crippen molar-refractivity contribution in [1.29, 1.82) is 0 Å². The number of aliphatic hydroxyl groups is 1. The molecule has 106 valence electrons. The van der Waals surface area contributed by atoms with Gasteiger partial charge < -0.3 is 5.11 Å². The average Bonchev–Trinajstić information content (AvgIpc) is 2.41. The molecule has 0 aliphatic rings. The zero-order valence-electron chi connectivity index (χ0n) is 10.7. The van der Waals surface area contributed by atoms with Gasteiger partial charge in [0.25, 0.3) is 0 Å². The van der Waals surface area contributed by atoms with Gasteiger partial charge in [0.2, 0.25) is 0 Å². The van der Waals surface area contributed by atoms with E-state index in [1.165, 1.54) is 31.2 Å². The van der Waals surface area contributed by atoms with E-state index in [1.807, 2.05) is 0 Å². The van der Waals surface area contributed by atoms with Crippen LogP contribution >= 0.6 is 11.8 Å². The lowest BCUT2D eigenvalue weighted by Gasteiger charge is -2.14. The lowest BCUT2D eigenvalue weighted by Crippen LogP contribution is -2.08. The molecule has 20 heavy (non-hydrogen) atoms. The molecule has 5 heteroatoms. The van der Waals surface area contributed by atoms with Crippen LogP contribution < -0.4 is 0 Å². The van der Waals surface area contributed by atoms with Crippen molar-refractivity contribution in [2.45, 2.75) is 17.9 Å². The van der Waals surface area contributed by atoms with Gasteiger partial charge in [-0.15, -0.1) is 11.8 Å². The van der Waals surface area contributed by atoms with E-state index >= 15 is 0 Å². The van der Waals surface area contributed by atoms with E-state index in [-0.39, 0.29) is 16.9 Å². The fourth-order valence-electron chi connectivity index (χ4n) is 1.80. The lowest BCUT2D eigenvalue weighted by atomic mass is 10.1. The van der Waals surface area contributed by atoms with Crippen LogP contribution in [0.3, 0.4) is 0 Å². The molecule has 0 heterocycles. The van der Waals surface area contributed by atoms with Crippen LogP contribution in [0.1, 0.15) is 17.2 Å². The van der Waals surface area contributed by atoms with E-state index in [2.05, 4.69) is 0 Å². The van der Waals surface area contributed by atoms with Crippen molar-refractivity contribution in [1.82, 2.24) is 0 Å². The van der Waals surface area contributed by atoms with Gasteiger partial charge in [0, 0.05) is 10.6 Å². The molecular weight excluding hydrogens is 285 g/mol. The summed E-state index contributed by atoms with van der Waals surface area (Å²) in [7, 11) is 0. The van der Waals surface area contributed by atoms with Crippen LogP contribution in [0.2, 0.25) is 0 Å². The van der Waals surface area contributed by atoms with E-state index in [0.717, 1.165) is 17.8 Å². The van der Waals surface area contributed by atoms with Crippen molar-refractivity contribution in [3.63, 3.8) is 0 Å². The molecule has 1 unspecified atom stereocenters. The molecule has 0 bridgehead atoms. The summed E-state index contributed by atoms with van der Waals surface area (Å²) in [6.07, 6.45) is -1.29. The predicted molar refractivity (Wildman–Crippen MR) is 73.2 cm³/mol. The third-order valence-corrected chi connectivity index (χ3v) is 3.93. The fourth-order valence-corrected chi connectivity index (χ4v) is 2.69. The molecule has 2 aromatic carbocycles. The molecule has 0 amide bonds. The first-order chi connectivity index (χ1) is 9.49. The van der Waals surface area contributed by atoms with Gasteiger partial charge in [0.05, 0.1) is 11.7 Å². The summed E-state index contributed by atoms with van der Waals surface area (Å²) in [6.45, 7) is 1.50. The highest BCUT2D eigenvalue weighted by molar-refractivity contribution is 7.99. The normalized spacial score (nSPS) is 12.4. The van der Waals surface area contributed by atoms with Crippen molar-refractivity contribution in [2.24, 2.45) is 0 Å². The summed E-state index contributed by atoms with van der Waals surface area (Å²) in [6, 6.07) is 8.27. The Morgan fingerprint density at radius 2 is 1.90 bits per heavy atom. The van der Waals surface area contributed by atoms with E-state index in [9.17, 15) is 18.3 Å². The Kier molecular flexibility index (Phi) is 4.73. The standard InChI is InChI=1S/C15H13F3OS/c1-9-5-6-12(17)14(15(9)18)13(19)8-20-11-4-2-3-10(16)7-11/h2-7,13,19H,8H2,1H3. The van der Waals surface area contributed by atoms with Gasteiger partial charge in [-0.3, -0.25) is 0 Å². The number of hydrogen-bond donors (Lipinski definition) is 1. The van der Waals surface area contributed by atoms with E-state index in [0.29, 0.717) is 4.90 Å². The Bertz CT molecular complexity index is 616. The minimum atomic E-state index is -1.29. The summed E-state index contributed by atoms with van der Waals surface area (Å²) in [5.41, 5.74) is -0.0647. The van der Waals surface area contributed by atoms with Crippen LogP contribution in [0.25, 0.3) is 0 Å². The smallest absolute Gasteiger partial charge is 0.134 e. The topological polar surface area (TPSA) is 20.2 Å². The molecule has 0 fully saturated rings. The van der Waals surface area contributed by atoms with Gasteiger partial charge in [-0.1, -0.05) is 12.1 Å². The van der Waals surface area contributed by atoms with Gasteiger partial charge in [0.1, 0.15) is 17.5 Å². The molecule has 0 saturated heterocycles. The Hall–Kier alpha value is -1.46. The highest BCUT2D eigenvalue weighted by Gasteiger charge is 2.19. The highest BCUT2D eigenvalue weighted by atomic mass is 32.2. The predicted octanol–water partition coefficient (Wildman–Crippen LogP) is 4.24. The van der Waals surface area contributed by atoms with E-state index < -0.39 is 23.6 Å². The Labute approximate surface area is 119 Å². The quantitative estimate of drug-likeness (QED) is 0.852. The van der Waals surface area contributed by atoms with Crippen molar-refractivity contribution >= 4 is 11.8 Å². The first-order valence-corrected chi connectivity index (χ1v) is 6.98. The van der Waals surface area contributed by atoms with Gasteiger partial charge in [0.15, 0.2) is 0 Å². The summed E-state index contributed by atoms with van der Waals surface area (Å²) in [5.74, 6) is -1.86. The zero-order valence-corrected chi connectivity index (χ0v) is 11.6. The molecule has 0 saturated carbocycles. The fraction of sp³-hybridized carbons (Fsp3) is 0.200. The highest BCUT2D eigenvalue weighted by Crippen LogP contribution is 2.29. The molecule has 0 spiro atoms. The van der Waals surface area contributed by atoms with Gasteiger partial charge in [-0.2, -0.15) is 0 Å². The number of aliphatic hydroxyl groups excluding tert-OH is 1. The number of benzene rings is 2. The van der Waals surface area contributed by atoms with Crippen molar-refractivity contribution < 1.29 is 18.3 Å². The van der Waals surface area contributed by atoms with Crippen molar-refractivity contribution in [2.75, 3.05) is 5.75 Å². The molecule has 1 nitrogen and oxygen atoms in total. The minimum absolute atomic E-state index is 0.0424. The molecule has 0 aliphatic carbocycles. The van der Waals surface area contributed by atoms with Crippen molar-refractivity contribution in [3.05, 3.63) is 65.0 Å². The van der Waals surface area contributed by atoms with E-state index in [4.69, 9.17) is 0 Å². The van der Waals surface area contributed by atoms with Crippen LogP contribution in [0.5, 0.6) is 0 Å². The Morgan fingerprint density at radius 3 is 2.60 bits per heavy atom. The molecule has 2 rings (SSSR count). The average molecular weight is 298 g/mol. The molecule has 0 aliphatic heterocycles. The largest absolute Gasteiger partial charge is 0.387 e. The first-order valence-electron chi connectivity index (χ1n) is 6.00. The molecule has 1 N–H and O–H groups in total. The molecular formula is C15H13F3OS. The number of rotatable bonds is 4. The van der Waals surface area contributed by atoms with Crippen LogP contribution in [0.4, 0.5) is 13.2 Å². The van der Waals surface area contributed by atoms with Crippen LogP contribution in [-0.2, 0) is 0 Å². The van der Waals surface area contributed by atoms with Gasteiger partial charge in [-0.25, -0.2) is 13.2 Å². The van der Waals surface area contributed by atoms with Gasteiger partial charge >= 0.3 is 0 Å². The third-order valence-electron chi connectivity index (χ3n) is 2.86. The number of aryl methyl sites for hydroxylation is 1. The zero-order chi connectivity index (χ0) is 14.7. The lowest BCUT2D eigenvalue weighted by molar-refractivity contribution is 0.193. The summed E-state index contributed by atoms with van der Waals surface area (Å²) in [4.78, 5) is 0.595. The maximum absolute atomic E-state index is 13.8. The van der Waals surface area contributed by atoms with Crippen LogP contribution in [-0.4, -0.2) is 10.9 Å². The molecule has 0 radical (unpaired) electrons. The molecule has 0 aromatic heterocycles. The second-order valence-electron chi connectivity index (χ2n) is 4.38. The number of hydrogen-bond acceptors (Lipinski definition) is 2. The summed E-state index contributed by atoms with van der Waals surface area (Å²) in [5, 5.41) is 9.94. The van der Waals surface area contributed by atoms with Crippen LogP contribution in [0.15, 0.2) is 41.3 Å². The number of thioether (sulfide) groups is 1. The van der Waals surface area contributed by atoms with Crippen LogP contribution in [0, 0.1) is 24.4 Å². The Balaban J connectivity index is 2.13. The first kappa shape index (κ1) is 14.9. The Morgan fingerprint density at radius 1 is 1.15 bits per heavy atom. The SMILES string of the molecule is Cc1ccc(F)c(C(O)CSc2cccc(F)c2)c1F.